The zero-order valence-electron chi connectivity index (χ0n) is 20.6. The highest BCUT2D eigenvalue weighted by Crippen LogP contribution is 2.57. The minimum atomic E-state index is -0.973. The lowest BCUT2D eigenvalue weighted by Gasteiger charge is -2.42. The molecule has 0 bridgehead atoms. The lowest BCUT2D eigenvalue weighted by molar-refractivity contribution is 0.0665. The molecular weight excluding hydrogens is 504 g/mol. The Morgan fingerprint density at radius 2 is 1.29 bits per heavy atom. The van der Waals surface area contributed by atoms with Crippen LogP contribution in [0.25, 0.3) is 0 Å². The van der Waals surface area contributed by atoms with Gasteiger partial charge in [-0.05, 0) is 52.0 Å². The van der Waals surface area contributed by atoms with Crippen molar-refractivity contribution in [2.75, 3.05) is 36.0 Å². The van der Waals surface area contributed by atoms with Crippen molar-refractivity contribution in [1.82, 2.24) is 5.01 Å². The average Bonchev–Trinajstić information content (AvgIpc) is 3.08. The molecule has 0 radical (unpaired) electrons. The maximum Gasteiger partial charge on any atom is 0.269 e. The van der Waals surface area contributed by atoms with E-state index in [0.717, 1.165) is 70.2 Å². The molecule has 2 aliphatic heterocycles. The van der Waals surface area contributed by atoms with Gasteiger partial charge in [-0.15, -0.1) is 0 Å². The Hall–Kier alpha value is -3.03. The first-order chi connectivity index (χ1) is 16.9. The molecule has 6 nitrogen and oxygen atoms in total. The summed E-state index contributed by atoms with van der Waals surface area (Å²) in [5.41, 5.74) is 4.39. The van der Waals surface area contributed by atoms with Crippen LogP contribution >= 0.6 is 15.9 Å². The van der Waals surface area contributed by atoms with Crippen LogP contribution in [-0.2, 0) is 5.54 Å². The smallest absolute Gasteiger partial charge is 0.269 e. The predicted molar refractivity (Wildman–Crippen MR) is 144 cm³/mol. The number of hydrogen-bond donors (Lipinski definition) is 1. The summed E-state index contributed by atoms with van der Waals surface area (Å²) in [6, 6.07) is 18.3. The molecule has 1 amide bonds. The topological polar surface area (TPSA) is 62.0 Å². The number of hydrogen-bond acceptors (Lipinski definition) is 5. The van der Waals surface area contributed by atoms with Gasteiger partial charge in [-0.25, -0.2) is 5.84 Å². The summed E-state index contributed by atoms with van der Waals surface area (Å²) in [7, 11) is 0. The van der Waals surface area contributed by atoms with Crippen LogP contribution in [0.5, 0.6) is 11.5 Å². The molecule has 5 rings (SSSR count). The molecule has 35 heavy (non-hydrogen) atoms. The van der Waals surface area contributed by atoms with E-state index in [4.69, 9.17) is 10.6 Å². The van der Waals surface area contributed by atoms with Crippen molar-refractivity contribution < 1.29 is 9.53 Å². The van der Waals surface area contributed by atoms with Crippen LogP contribution in [-0.4, -0.2) is 37.1 Å². The quantitative estimate of drug-likeness (QED) is 0.316. The SMILES string of the molecule is CCN(CC)c1ccc2c(c1)Oc1cc(N(CC)CC)ccc1C21c2ccc(Br)cc2C(=O)N1N. The van der Waals surface area contributed by atoms with E-state index in [9.17, 15) is 4.79 Å². The molecule has 2 aliphatic rings. The summed E-state index contributed by atoms with van der Waals surface area (Å²) < 4.78 is 7.43. The van der Waals surface area contributed by atoms with Crippen LogP contribution in [0.3, 0.4) is 0 Å². The van der Waals surface area contributed by atoms with E-state index in [-0.39, 0.29) is 5.91 Å². The van der Waals surface area contributed by atoms with Crippen LogP contribution in [0.15, 0.2) is 59.1 Å². The molecule has 2 heterocycles. The van der Waals surface area contributed by atoms with Crippen molar-refractivity contribution in [3.63, 3.8) is 0 Å². The van der Waals surface area contributed by atoms with E-state index in [1.54, 1.807) is 0 Å². The van der Waals surface area contributed by atoms with Gasteiger partial charge in [0.1, 0.15) is 17.0 Å². The van der Waals surface area contributed by atoms with E-state index in [2.05, 4.69) is 89.8 Å². The van der Waals surface area contributed by atoms with Gasteiger partial charge < -0.3 is 14.5 Å². The second-order valence-corrected chi connectivity index (χ2v) is 9.80. The summed E-state index contributed by atoms with van der Waals surface area (Å²) in [6.07, 6.45) is 0. The number of nitrogens with two attached hydrogens (primary N) is 1. The number of halogens is 1. The highest BCUT2D eigenvalue weighted by atomic mass is 79.9. The van der Waals surface area contributed by atoms with Crippen molar-refractivity contribution in [2.45, 2.75) is 33.2 Å². The number of rotatable bonds is 6. The lowest BCUT2D eigenvalue weighted by atomic mass is 9.75. The van der Waals surface area contributed by atoms with Gasteiger partial charge in [0.2, 0.25) is 0 Å². The van der Waals surface area contributed by atoms with Gasteiger partial charge in [-0.1, -0.05) is 34.1 Å². The predicted octanol–water partition coefficient (Wildman–Crippen LogP) is 5.87. The zero-order chi connectivity index (χ0) is 24.9. The first kappa shape index (κ1) is 23.7. The molecule has 2 N–H and O–H groups in total. The minimum absolute atomic E-state index is 0.208. The molecule has 7 heteroatoms. The second kappa shape index (κ2) is 8.88. The van der Waals surface area contributed by atoms with Gasteiger partial charge in [-0.3, -0.25) is 9.80 Å². The van der Waals surface area contributed by atoms with Crippen molar-refractivity contribution in [3.05, 3.63) is 81.3 Å². The van der Waals surface area contributed by atoms with E-state index in [1.807, 2.05) is 18.2 Å². The zero-order valence-corrected chi connectivity index (χ0v) is 22.2. The van der Waals surface area contributed by atoms with Crippen molar-refractivity contribution >= 4 is 33.2 Å². The Bertz CT molecular complexity index is 1240. The highest BCUT2D eigenvalue weighted by molar-refractivity contribution is 9.10. The Morgan fingerprint density at radius 3 is 1.77 bits per heavy atom. The van der Waals surface area contributed by atoms with Crippen molar-refractivity contribution in [1.29, 1.82) is 0 Å². The number of benzene rings is 3. The third kappa shape index (κ3) is 3.36. The first-order valence-corrected chi connectivity index (χ1v) is 13.1. The van der Waals surface area contributed by atoms with Gasteiger partial charge in [0.05, 0.1) is 0 Å². The van der Waals surface area contributed by atoms with Crippen LogP contribution in [0, 0.1) is 0 Å². The number of nitrogens with zero attached hydrogens (tertiary/aromatic N) is 3. The van der Waals surface area contributed by atoms with Crippen LogP contribution in [0.2, 0.25) is 0 Å². The van der Waals surface area contributed by atoms with E-state index >= 15 is 0 Å². The van der Waals surface area contributed by atoms with Crippen LogP contribution in [0.4, 0.5) is 11.4 Å². The molecule has 0 atom stereocenters. The normalized spacial score (nSPS) is 14.9. The number of anilines is 2. The van der Waals surface area contributed by atoms with Crippen molar-refractivity contribution in [2.24, 2.45) is 5.84 Å². The number of carbonyl (C=O) groups is 1. The number of hydrazine groups is 1. The summed E-state index contributed by atoms with van der Waals surface area (Å²) in [4.78, 5) is 18.1. The van der Waals surface area contributed by atoms with E-state index < -0.39 is 5.54 Å². The standard InChI is InChI=1S/C28H31BrN4O2/c1-5-31(6-2)19-10-13-23-25(16-19)35-26-17-20(32(7-3)8-4)11-14-24(26)28(23)22-12-9-18(29)15-21(22)27(34)33(28)30/h9-17H,5-8,30H2,1-4H3. The molecule has 3 aromatic rings. The van der Waals surface area contributed by atoms with E-state index in [0.29, 0.717) is 5.56 Å². The summed E-state index contributed by atoms with van der Waals surface area (Å²) >= 11 is 3.52. The van der Waals surface area contributed by atoms with Crippen LogP contribution in [0.1, 0.15) is 54.7 Å². The minimum Gasteiger partial charge on any atom is -0.456 e. The highest BCUT2D eigenvalue weighted by Gasteiger charge is 2.55. The van der Waals surface area contributed by atoms with Crippen LogP contribution < -0.4 is 20.4 Å². The summed E-state index contributed by atoms with van der Waals surface area (Å²) in [5.74, 6) is 7.94. The molecule has 1 spiro atoms. The summed E-state index contributed by atoms with van der Waals surface area (Å²) in [5, 5.41) is 1.39. The molecule has 0 saturated carbocycles. The Labute approximate surface area is 215 Å². The fraction of sp³-hybridized carbons (Fsp3) is 0.321. The van der Waals surface area contributed by atoms with Gasteiger partial charge >= 0.3 is 0 Å². The number of fused-ring (bicyclic) bond motifs is 6. The fourth-order valence-corrected chi connectivity index (χ4v) is 5.95. The monoisotopic (exact) mass is 534 g/mol. The second-order valence-electron chi connectivity index (χ2n) is 8.88. The number of ether oxygens (including phenoxy) is 1. The maximum absolute atomic E-state index is 13.5. The average molecular weight is 535 g/mol. The Morgan fingerprint density at radius 1 is 0.800 bits per heavy atom. The molecule has 0 unspecified atom stereocenters. The molecule has 3 aromatic carbocycles. The molecule has 0 aliphatic carbocycles. The number of carbonyl (C=O) groups excluding carboxylic acids is 1. The first-order valence-electron chi connectivity index (χ1n) is 12.3. The molecule has 0 fully saturated rings. The molecular formula is C28H31BrN4O2. The van der Waals surface area contributed by atoms with Crippen molar-refractivity contribution in [3.8, 4) is 11.5 Å². The summed E-state index contributed by atoms with van der Waals surface area (Å²) in [6.45, 7) is 12.1. The largest absolute Gasteiger partial charge is 0.456 e. The molecule has 182 valence electrons. The third-order valence-electron chi connectivity index (χ3n) is 7.37. The molecule has 0 aromatic heterocycles. The third-order valence-corrected chi connectivity index (χ3v) is 7.86. The Kier molecular flexibility index (Phi) is 6.01. The van der Waals surface area contributed by atoms with E-state index in [1.165, 1.54) is 5.01 Å². The fourth-order valence-electron chi connectivity index (χ4n) is 5.59. The maximum atomic E-state index is 13.5. The molecule has 0 saturated heterocycles. The number of amides is 1. The lowest BCUT2D eigenvalue weighted by Crippen LogP contribution is -2.51. The van der Waals surface area contributed by atoms with Gasteiger partial charge in [0, 0.05) is 76.4 Å². The van der Waals surface area contributed by atoms with Gasteiger partial charge in [0.15, 0.2) is 0 Å². The van der Waals surface area contributed by atoms with Gasteiger partial charge in [0.25, 0.3) is 5.91 Å². The van der Waals surface area contributed by atoms with Gasteiger partial charge in [-0.2, -0.15) is 0 Å². The Balaban J connectivity index is 1.81.